The second-order valence-electron chi connectivity index (χ2n) is 6.30. The molecule has 0 saturated heterocycles. The van der Waals surface area contributed by atoms with Crippen molar-refractivity contribution in [2.24, 2.45) is 21.6 Å². The lowest BCUT2D eigenvalue weighted by Gasteiger charge is -2.34. The minimum Gasteiger partial charge on any atom is -0.386 e. The van der Waals surface area contributed by atoms with Gasteiger partial charge in [0.15, 0.2) is 10.8 Å². The molecule has 0 radical (unpaired) electrons. The molecule has 7 heteroatoms. The molecule has 1 saturated carbocycles. The first-order valence-corrected chi connectivity index (χ1v) is 8.89. The molecule has 1 aliphatic carbocycles. The van der Waals surface area contributed by atoms with Gasteiger partial charge in [0.2, 0.25) is 0 Å². The van der Waals surface area contributed by atoms with E-state index in [-0.39, 0.29) is 19.0 Å². The zero-order valence-electron chi connectivity index (χ0n) is 14.3. The van der Waals surface area contributed by atoms with Gasteiger partial charge < -0.3 is 15.2 Å². The number of nitrogens with two attached hydrogens (primary N) is 1. The first-order chi connectivity index (χ1) is 11.9. The topological polar surface area (TPSA) is 104 Å². The van der Waals surface area contributed by atoms with Gasteiger partial charge in [-0.15, -0.1) is 0 Å². The van der Waals surface area contributed by atoms with Gasteiger partial charge in [-0.3, -0.25) is 0 Å². The molecule has 1 heterocycles. The van der Waals surface area contributed by atoms with Crippen LogP contribution in [-0.4, -0.2) is 25.0 Å². The molecule has 1 fully saturated rings. The van der Waals surface area contributed by atoms with E-state index < -0.39 is 22.2 Å². The number of hydrogen-bond donors (Lipinski definition) is 1. The van der Waals surface area contributed by atoms with Crippen molar-refractivity contribution in [2.45, 2.75) is 32.1 Å². The number of halogens is 1. The average molecular weight is 403 g/mol. The number of aliphatic imine (C=N–C) groups is 1. The molecule has 0 aromatic heterocycles. The van der Waals surface area contributed by atoms with E-state index in [1.54, 1.807) is 13.8 Å². The molecule has 6 nitrogen and oxygen atoms in total. The van der Waals surface area contributed by atoms with Crippen LogP contribution < -0.4 is 5.73 Å². The van der Waals surface area contributed by atoms with Crippen molar-refractivity contribution >= 4 is 21.8 Å². The smallest absolute Gasteiger partial charge is 0.293 e. The molecule has 3 rings (SSSR count). The van der Waals surface area contributed by atoms with Crippen molar-refractivity contribution in [1.29, 1.82) is 10.5 Å². The summed E-state index contributed by atoms with van der Waals surface area (Å²) < 4.78 is 12.6. The highest BCUT2D eigenvalue weighted by molar-refractivity contribution is 9.10. The van der Waals surface area contributed by atoms with Crippen molar-refractivity contribution in [1.82, 2.24) is 0 Å². The third kappa shape index (κ3) is 1.67. The maximum atomic E-state index is 10.2. The largest absolute Gasteiger partial charge is 0.386 e. The Hall–Kier alpha value is -1.93. The number of nitrogens with zero attached hydrogens (tertiary/aromatic N) is 3. The Morgan fingerprint density at radius 3 is 2.12 bits per heavy atom. The fourth-order valence-corrected chi connectivity index (χ4v) is 4.76. The number of rotatable bonds is 5. The van der Waals surface area contributed by atoms with Gasteiger partial charge in [0.1, 0.15) is 5.84 Å². The predicted molar refractivity (Wildman–Crippen MR) is 95.2 cm³/mol. The molecule has 130 valence electrons. The molecular weight excluding hydrogens is 384 g/mol. The van der Waals surface area contributed by atoms with Gasteiger partial charge in [-0.25, -0.2) is 4.99 Å². The third-order valence-electron chi connectivity index (χ3n) is 5.56. The summed E-state index contributed by atoms with van der Waals surface area (Å²) in [6.07, 6.45) is 0. The van der Waals surface area contributed by atoms with Crippen molar-refractivity contribution in [3.05, 3.63) is 34.3 Å². The summed E-state index contributed by atoms with van der Waals surface area (Å²) in [5.41, 5.74) is 3.48. The van der Waals surface area contributed by atoms with Crippen molar-refractivity contribution in [2.75, 3.05) is 13.2 Å². The van der Waals surface area contributed by atoms with Crippen LogP contribution in [0.5, 0.6) is 0 Å². The quantitative estimate of drug-likeness (QED) is 0.762. The van der Waals surface area contributed by atoms with E-state index in [9.17, 15) is 10.5 Å². The van der Waals surface area contributed by atoms with Crippen LogP contribution in [0.25, 0.3) is 0 Å². The van der Waals surface area contributed by atoms with Gasteiger partial charge in [0.25, 0.3) is 5.91 Å². The fourth-order valence-electron chi connectivity index (χ4n) is 4.50. The first kappa shape index (κ1) is 17.9. The molecule has 3 atom stereocenters. The minimum absolute atomic E-state index is 0.0869. The van der Waals surface area contributed by atoms with E-state index in [4.69, 9.17) is 15.2 Å². The van der Waals surface area contributed by atoms with Crippen molar-refractivity contribution in [3.8, 4) is 12.1 Å². The van der Waals surface area contributed by atoms with Crippen molar-refractivity contribution < 1.29 is 9.47 Å². The van der Waals surface area contributed by atoms with Gasteiger partial charge in [-0.1, -0.05) is 35.0 Å². The average Bonchev–Trinajstić information content (AvgIpc) is 3.01. The van der Waals surface area contributed by atoms with E-state index in [2.05, 4.69) is 33.1 Å². The monoisotopic (exact) mass is 402 g/mol. The molecular formula is C18H19BrN4O2. The summed E-state index contributed by atoms with van der Waals surface area (Å²) in [5.74, 6) is -1.50. The summed E-state index contributed by atoms with van der Waals surface area (Å²) in [5, 5.41) is 20.3. The van der Waals surface area contributed by atoms with Gasteiger partial charge in [0, 0.05) is 23.1 Å². The number of ether oxygens (including phenoxy) is 2. The van der Waals surface area contributed by atoms with Gasteiger partial charge in [0.05, 0.1) is 12.1 Å². The van der Waals surface area contributed by atoms with E-state index in [0.29, 0.717) is 0 Å². The lowest BCUT2D eigenvalue weighted by atomic mass is 9.84. The van der Waals surface area contributed by atoms with Crippen LogP contribution >= 0.6 is 15.9 Å². The Balaban J connectivity index is 2.30. The summed E-state index contributed by atoms with van der Waals surface area (Å²) in [6, 6.07) is 12.1. The minimum atomic E-state index is -1.59. The van der Waals surface area contributed by atoms with E-state index in [1.807, 2.05) is 31.2 Å². The normalized spacial score (nSPS) is 34.6. The maximum Gasteiger partial charge on any atom is 0.293 e. The zero-order chi connectivity index (χ0) is 18.5. The third-order valence-corrected chi connectivity index (χ3v) is 6.09. The lowest BCUT2D eigenvalue weighted by Crippen LogP contribution is -2.46. The van der Waals surface area contributed by atoms with Crippen LogP contribution in [0.4, 0.5) is 0 Å². The summed E-state index contributed by atoms with van der Waals surface area (Å²) in [6.45, 7) is 6.00. The lowest BCUT2D eigenvalue weighted by molar-refractivity contribution is -0.257. The summed E-state index contributed by atoms with van der Waals surface area (Å²) >= 11 is 3.41. The summed E-state index contributed by atoms with van der Waals surface area (Å²) in [7, 11) is 0. The number of amidine groups is 1. The fraction of sp³-hybridized carbons (Fsp3) is 0.500. The number of benzene rings is 1. The molecule has 1 aliphatic heterocycles. The van der Waals surface area contributed by atoms with Crippen LogP contribution in [-0.2, 0) is 14.9 Å². The number of nitriles is 2. The molecule has 1 aromatic carbocycles. The predicted octanol–water partition coefficient (Wildman–Crippen LogP) is 2.84. The molecule has 0 unspecified atom stereocenters. The standard InChI is InChI=1S/C18H19BrN4O2/c1-4-24-18(25-5-2)17(11-21)15(3,12-6-8-13(19)9-7-12)16(17,10-20)14(22)23-18/h6-9H,4-5H2,1-3H3,(H2,22,23)/t15-,16-,17+/m0/s1. The van der Waals surface area contributed by atoms with Crippen molar-refractivity contribution in [3.63, 3.8) is 0 Å². The highest BCUT2D eigenvalue weighted by Gasteiger charge is 2.99. The molecule has 0 bridgehead atoms. The molecule has 0 spiro atoms. The van der Waals surface area contributed by atoms with Crippen LogP contribution in [0.2, 0.25) is 0 Å². The van der Waals surface area contributed by atoms with Crippen LogP contribution in [0.15, 0.2) is 33.7 Å². The maximum absolute atomic E-state index is 10.2. The summed E-state index contributed by atoms with van der Waals surface area (Å²) in [4.78, 5) is 4.35. The Morgan fingerprint density at radius 1 is 1.12 bits per heavy atom. The zero-order valence-corrected chi connectivity index (χ0v) is 15.9. The Bertz CT molecular complexity index is 819. The van der Waals surface area contributed by atoms with Crippen LogP contribution in [0.1, 0.15) is 26.3 Å². The van der Waals surface area contributed by atoms with Gasteiger partial charge in [-0.2, -0.15) is 10.5 Å². The highest BCUT2D eigenvalue weighted by Crippen LogP contribution is 2.85. The molecule has 1 aromatic rings. The second-order valence-corrected chi connectivity index (χ2v) is 7.22. The SMILES string of the molecule is CCOC1(OCC)N=C(N)[C@@]2(C#N)[C@](C)(c3ccc(Br)cc3)[C@@]12C#N. The van der Waals surface area contributed by atoms with Crippen LogP contribution in [0, 0.1) is 33.5 Å². The number of fused-ring (bicyclic) bond motifs is 1. The van der Waals surface area contributed by atoms with E-state index >= 15 is 0 Å². The van der Waals surface area contributed by atoms with E-state index in [1.165, 1.54) is 0 Å². The Kier molecular flexibility index (Phi) is 3.96. The van der Waals surface area contributed by atoms with Gasteiger partial charge in [-0.05, 0) is 31.5 Å². The Labute approximate surface area is 155 Å². The van der Waals surface area contributed by atoms with E-state index in [0.717, 1.165) is 10.0 Å². The first-order valence-electron chi connectivity index (χ1n) is 8.09. The molecule has 0 amide bonds. The molecule has 25 heavy (non-hydrogen) atoms. The molecule has 2 N–H and O–H groups in total. The molecule has 2 aliphatic rings. The second kappa shape index (κ2) is 5.54. The number of hydrogen-bond acceptors (Lipinski definition) is 6. The van der Waals surface area contributed by atoms with Crippen LogP contribution in [0.3, 0.4) is 0 Å². The van der Waals surface area contributed by atoms with Gasteiger partial charge >= 0.3 is 0 Å². The Morgan fingerprint density at radius 2 is 1.68 bits per heavy atom. The highest BCUT2D eigenvalue weighted by atomic mass is 79.9.